The van der Waals surface area contributed by atoms with Crippen molar-refractivity contribution in [2.75, 3.05) is 32.6 Å². The molecule has 1 amide bonds. The third kappa shape index (κ3) is 4.81. The maximum Gasteiger partial charge on any atom is 0.226 e. The predicted octanol–water partition coefficient (Wildman–Crippen LogP) is 1.93. The molecular formula is C17H26N2O4S2. The van der Waals surface area contributed by atoms with E-state index in [9.17, 15) is 13.2 Å². The average molecular weight is 387 g/mol. The van der Waals surface area contributed by atoms with Crippen LogP contribution >= 0.6 is 11.3 Å². The maximum absolute atomic E-state index is 13.2. The molecular weight excluding hydrogens is 360 g/mol. The van der Waals surface area contributed by atoms with Crippen molar-refractivity contribution in [1.29, 1.82) is 0 Å². The fourth-order valence-corrected chi connectivity index (χ4v) is 5.20. The Morgan fingerprint density at radius 2 is 1.96 bits per heavy atom. The van der Waals surface area contributed by atoms with Gasteiger partial charge in [0, 0.05) is 43.1 Å². The van der Waals surface area contributed by atoms with Crippen LogP contribution in [0.5, 0.6) is 0 Å². The van der Waals surface area contributed by atoms with E-state index in [4.69, 9.17) is 4.74 Å². The number of ether oxygens (including phenoxy) is 1. The number of rotatable bonds is 5. The van der Waals surface area contributed by atoms with Crippen molar-refractivity contribution in [2.24, 2.45) is 5.92 Å². The van der Waals surface area contributed by atoms with Crippen molar-refractivity contribution in [1.82, 2.24) is 9.21 Å². The van der Waals surface area contributed by atoms with E-state index in [1.807, 2.05) is 16.3 Å². The molecule has 0 unspecified atom stereocenters. The summed E-state index contributed by atoms with van der Waals surface area (Å²) < 4.78 is 30.3. The summed E-state index contributed by atoms with van der Waals surface area (Å²) in [5.74, 6) is 0.0919. The molecule has 8 heteroatoms. The lowest BCUT2D eigenvalue weighted by Crippen LogP contribution is -2.48. The molecule has 2 fully saturated rings. The molecule has 140 valence electrons. The van der Waals surface area contributed by atoms with E-state index in [-0.39, 0.29) is 17.9 Å². The molecule has 1 aromatic rings. The standard InChI is InChI=1S/C17H26N2O4S2/c1-25(21,22)18-8-4-14(5-9-18)17(20)19(13-16-3-2-12-24-16)15-6-10-23-11-7-15/h2-3,12,14-15H,4-11,13H2,1H3. The molecule has 0 atom stereocenters. The largest absolute Gasteiger partial charge is 0.381 e. The van der Waals surface area contributed by atoms with Gasteiger partial charge < -0.3 is 9.64 Å². The summed E-state index contributed by atoms with van der Waals surface area (Å²) in [5.41, 5.74) is 0. The van der Waals surface area contributed by atoms with Gasteiger partial charge in [-0.3, -0.25) is 4.79 Å². The Morgan fingerprint density at radius 3 is 2.52 bits per heavy atom. The van der Waals surface area contributed by atoms with Gasteiger partial charge in [0.15, 0.2) is 0 Å². The van der Waals surface area contributed by atoms with Gasteiger partial charge in [-0.25, -0.2) is 12.7 Å². The number of amides is 1. The topological polar surface area (TPSA) is 66.9 Å². The first kappa shape index (κ1) is 18.8. The van der Waals surface area contributed by atoms with Crippen LogP contribution in [0.4, 0.5) is 0 Å². The molecule has 0 radical (unpaired) electrons. The smallest absolute Gasteiger partial charge is 0.226 e. The van der Waals surface area contributed by atoms with Crippen LogP contribution in [0, 0.1) is 5.92 Å². The summed E-state index contributed by atoms with van der Waals surface area (Å²) in [6, 6.07) is 4.30. The lowest BCUT2D eigenvalue weighted by atomic mass is 9.94. The van der Waals surface area contributed by atoms with Crippen molar-refractivity contribution in [2.45, 2.75) is 38.3 Å². The molecule has 6 nitrogen and oxygen atoms in total. The Bertz CT molecular complexity index is 661. The Labute approximate surface area is 153 Å². The minimum atomic E-state index is -3.16. The second-order valence-corrected chi connectivity index (χ2v) is 9.84. The molecule has 0 N–H and O–H groups in total. The molecule has 0 bridgehead atoms. The fourth-order valence-electron chi connectivity index (χ4n) is 3.62. The van der Waals surface area contributed by atoms with Crippen molar-refractivity contribution in [3.8, 4) is 0 Å². The van der Waals surface area contributed by atoms with Crippen LogP contribution in [0.2, 0.25) is 0 Å². The number of nitrogens with zero attached hydrogens (tertiary/aromatic N) is 2. The Hall–Kier alpha value is -0.960. The van der Waals surface area contributed by atoms with E-state index >= 15 is 0 Å². The first-order valence-electron chi connectivity index (χ1n) is 8.81. The molecule has 3 rings (SSSR count). The third-order valence-electron chi connectivity index (χ3n) is 5.09. The highest BCUT2D eigenvalue weighted by Gasteiger charge is 2.34. The SMILES string of the molecule is CS(=O)(=O)N1CCC(C(=O)N(Cc2cccs2)C2CCOCC2)CC1. The van der Waals surface area contributed by atoms with Crippen LogP contribution in [0.3, 0.4) is 0 Å². The van der Waals surface area contributed by atoms with Gasteiger partial charge in [0.05, 0.1) is 12.8 Å². The van der Waals surface area contributed by atoms with Crippen molar-refractivity contribution in [3.05, 3.63) is 22.4 Å². The maximum atomic E-state index is 13.2. The number of carbonyl (C=O) groups is 1. The summed E-state index contributed by atoms with van der Waals surface area (Å²) in [7, 11) is -3.16. The first-order chi connectivity index (χ1) is 11.9. The number of carbonyl (C=O) groups excluding carboxylic acids is 1. The van der Waals surface area contributed by atoms with E-state index in [1.165, 1.54) is 15.4 Å². The van der Waals surface area contributed by atoms with Crippen LogP contribution in [-0.2, 0) is 26.1 Å². The zero-order valence-corrected chi connectivity index (χ0v) is 16.2. The quantitative estimate of drug-likeness (QED) is 0.775. The zero-order valence-electron chi connectivity index (χ0n) is 14.6. The van der Waals surface area contributed by atoms with E-state index in [1.54, 1.807) is 11.3 Å². The average Bonchev–Trinajstić information content (AvgIpc) is 3.12. The summed E-state index contributed by atoms with van der Waals surface area (Å²) in [6.07, 6.45) is 4.20. The second kappa shape index (κ2) is 8.16. The lowest BCUT2D eigenvalue weighted by Gasteiger charge is -2.38. The predicted molar refractivity (Wildman–Crippen MR) is 97.9 cm³/mol. The Kier molecular flexibility index (Phi) is 6.14. The zero-order chi connectivity index (χ0) is 17.9. The molecule has 3 heterocycles. The van der Waals surface area contributed by atoms with Crippen LogP contribution in [-0.4, -0.2) is 62.1 Å². The number of sulfonamides is 1. The second-order valence-electron chi connectivity index (χ2n) is 6.83. The monoisotopic (exact) mass is 386 g/mol. The fraction of sp³-hybridized carbons (Fsp3) is 0.706. The van der Waals surface area contributed by atoms with Gasteiger partial charge in [0.1, 0.15) is 0 Å². The van der Waals surface area contributed by atoms with E-state index in [2.05, 4.69) is 6.07 Å². The van der Waals surface area contributed by atoms with E-state index < -0.39 is 10.0 Å². The summed E-state index contributed by atoms with van der Waals surface area (Å²) in [4.78, 5) is 16.4. The van der Waals surface area contributed by atoms with Crippen LogP contribution in [0.15, 0.2) is 17.5 Å². The van der Waals surface area contributed by atoms with Crippen LogP contribution in [0.25, 0.3) is 0 Å². The normalized spacial score (nSPS) is 21.3. The Morgan fingerprint density at radius 1 is 1.28 bits per heavy atom. The minimum Gasteiger partial charge on any atom is -0.381 e. The van der Waals surface area contributed by atoms with E-state index in [0.717, 1.165) is 12.8 Å². The highest BCUT2D eigenvalue weighted by molar-refractivity contribution is 7.88. The van der Waals surface area contributed by atoms with E-state index in [0.29, 0.717) is 45.7 Å². The van der Waals surface area contributed by atoms with Gasteiger partial charge >= 0.3 is 0 Å². The van der Waals surface area contributed by atoms with Crippen LogP contribution < -0.4 is 0 Å². The third-order valence-corrected chi connectivity index (χ3v) is 7.26. The highest BCUT2D eigenvalue weighted by atomic mass is 32.2. The number of hydrogen-bond donors (Lipinski definition) is 0. The first-order valence-corrected chi connectivity index (χ1v) is 11.5. The molecule has 1 aromatic heterocycles. The number of piperidine rings is 1. The molecule has 2 aliphatic rings. The van der Waals surface area contributed by atoms with Gasteiger partial charge in [0.2, 0.25) is 15.9 Å². The van der Waals surface area contributed by atoms with Gasteiger partial charge in [0.25, 0.3) is 0 Å². The van der Waals surface area contributed by atoms with Crippen molar-refractivity contribution < 1.29 is 17.9 Å². The molecule has 0 spiro atoms. The van der Waals surface area contributed by atoms with Crippen molar-refractivity contribution in [3.63, 3.8) is 0 Å². The molecule has 0 aliphatic carbocycles. The number of thiophene rings is 1. The van der Waals surface area contributed by atoms with Gasteiger partial charge in [-0.15, -0.1) is 11.3 Å². The minimum absolute atomic E-state index is 0.0826. The highest BCUT2D eigenvalue weighted by Crippen LogP contribution is 2.27. The van der Waals surface area contributed by atoms with Gasteiger partial charge in [-0.05, 0) is 37.1 Å². The van der Waals surface area contributed by atoms with Crippen molar-refractivity contribution >= 4 is 27.3 Å². The molecule has 2 aliphatic heterocycles. The summed E-state index contributed by atoms with van der Waals surface area (Å²) >= 11 is 1.67. The van der Waals surface area contributed by atoms with Crippen LogP contribution in [0.1, 0.15) is 30.6 Å². The summed E-state index contributed by atoms with van der Waals surface area (Å²) in [5, 5.41) is 2.03. The van der Waals surface area contributed by atoms with Gasteiger partial charge in [-0.2, -0.15) is 0 Å². The summed E-state index contributed by atoms with van der Waals surface area (Å²) in [6.45, 7) is 2.93. The Balaban J connectivity index is 1.68. The molecule has 25 heavy (non-hydrogen) atoms. The van der Waals surface area contributed by atoms with Gasteiger partial charge in [-0.1, -0.05) is 6.07 Å². The molecule has 0 aromatic carbocycles. The molecule has 2 saturated heterocycles. The number of hydrogen-bond acceptors (Lipinski definition) is 5. The lowest BCUT2D eigenvalue weighted by molar-refractivity contribution is -0.141. The molecule has 0 saturated carbocycles.